The number of rotatable bonds is 5. The Hall–Kier alpha value is -2.36. The number of carboxylic acid groups (broad SMARTS) is 1. The molecule has 4 heteroatoms. The minimum absolute atomic E-state index is 0.0340. The maximum absolute atomic E-state index is 12.7. The van der Waals surface area contributed by atoms with Gasteiger partial charge in [0.25, 0.3) is 0 Å². The van der Waals surface area contributed by atoms with E-state index in [0.29, 0.717) is 17.9 Å². The molecule has 0 bridgehead atoms. The van der Waals surface area contributed by atoms with Gasteiger partial charge in [-0.3, -0.25) is 4.79 Å². The van der Waals surface area contributed by atoms with Gasteiger partial charge in [-0.15, -0.1) is 0 Å². The summed E-state index contributed by atoms with van der Waals surface area (Å²) in [4.78, 5) is 10.6. The van der Waals surface area contributed by atoms with Gasteiger partial charge in [0.15, 0.2) is 0 Å². The SMILES string of the molecule is O=C(O)Cc1cccc(OCc2ccc(F)cc2)c1. The summed E-state index contributed by atoms with van der Waals surface area (Å²) in [6, 6.07) is 13.0. The predicted octanol–water partition coefficient (Wildman–Crippen LogP) is 3.03. The topological polar surface area (TPSA) is 46.5 Å². The second-order valence-corrected chi connectivity index (χ2v) is 4.13. The molecule has 0 saturated heterocycles. The lowest BCUT2D eigenvalue weighted by molar-refractivity contribution is -0.136. The van der Waals surface area contributed by atoms with Crippen molar-refractivity contribution in [3.63, 3.8) is 0 Å². The summed E-state index contributed by atoms with van der Waals surface area (Å²) in [6.07, 6.45) is -0.0340. The van der Waals surface area contributed by atoms with Crippen LogP contribution >= 0.6 is 0 Å². The zero-order valence-corrected chi connectivity index (χ0v) is 10.2. The quantitative estimate of drug-likeness (QED) is 0.898. The van der Waals surface area contributed by atoms with Gasteiger partial charge in [-0.2, -0.15) is 0 Å². The maximum Gasteiger partial charge on any atom is 0.307 e. The molecule has 0 aliphatic rings. The summed E-state index contributed by atoms with van der Waals surface area (Å²) < 4.78 is 18.3. The van der Waals surface area contributed by atoms with Crippen LogP contribution in [-0.2, 0) is 17.8 Å². The molecule has 0 amide bonds. The van der Waals surface area contributed by atoms with Gasteiger partial charge in [0.1, 0.15) is 18.2 Å². The summed E-state index contributed by atoms with van der Waals surface area (Å²) in [7, 11) is 0. The van der Waals surface area contributed by atoms with E-state index in [2.05, 4.69) is 0 Å². The van der Waals surface area contributed by atoms with Crippen LogP contribution in [0.4, 0.5) is 4.39 Å². The highest BCUT2D eigenvalue weighted by Crippen LogP contribution is 2.16. The second kappa shape index (κ2) is 6.00. The zero-order chi connectivity index (χ0) is 13.7. The van der Waals surface area contributed by atoms with Crippen LogP contribution in [0.25, 0.3) is 0 Å². The molecule has 0 unspecified atom stereocenters. The van der Waals surface area contributed by atoms with Gasteiger partial charge in [0.2, 0.25) is 0 Å². The molecule has 0 aliphatic heterocycles. The van der Waals surface area contributed by atoms with E-state index < -0.39 is 5.97 Å². The van der Waals surface area contributed by atoms with Crippen molar-refractivity contribution in [2.24, 2.45) is 0 Å². The van der Waals surface area contributed by atoms with Crippen LogP contribution in [0.15, 0.2) is 48.5 Å². The van der Waals surface area contributed by atoms with E-state index >= 15 is 0 Å². The van der Waals surface area contributed by atoms with Crippen molar-refractivity contribution in [3.05, 3.63) is 65.5 Å². The van der Waals surface area contributed by atoms with E-state index in [1.165, 1.54) is 12.1 Å². The fraction of sp³-hybridized carbons (Fsp3) is 0.133. The van der Waals surface area contributed by atoms with Gasteiger partial charge < -0.3 is 9.84 Å². The summed E-state index contributed by atoms with van der Waals surface area (Å²) in [5.41, 5.74) is 1.54. The average Bonchev–Trinajstić information content (AvgIpc) is 2.38. The highest BCUT2D eigenvalue weighted by Gasteiger charge is 2.02. The van der Waals surface area contributed by atoms with Gasteiger partial charge in [-0.1, -0.05) is 24.3 Å². The molecule has 1 N–H and O–H groups in total. The van der Waals surface area contributed by atoms with Gasteiger partial charge in [-0.05, 0) is 35.4 Å². The number of ether oxygens (including phenoxy) is 1. The summed E-state index contributed by atoms with van der Waals surface area (Å²) in [6.45, 7) is 0.316. The van der Waals surface area contributed by atoms with Crippen molar-refractivity contribution in [1.29, 1.82) is 0 Å². The normalized spacial score (nSPS) is 10.2. The van der Waals surface area contributed by atoms with Crippen LogP contribution in [-0.4, -0.2) is 11.1 Å². The Bertz CT molecular complexity index is 564. The zero-order valence-electron chi connectivity index (χ0n) is 10.2. The number of hydrogen-bond donors (Lipinski definition) is 1. The molecule has 0 fully saturated rings. The van der Waals surface area contributed by atoms with Crippen LogP contribution in [0.5, 0.6) is 5.75 Å². The first kappa shape index (κ1) is 13.1. The fourth-order valence-corrected chi connectivity index (χ4v) is 1.67. The predicted molar refractivity (Wildman–Crippen MR) is 68.5 cm³/mol. The van der Waals surface area contributed by atoms with Crippen molar-refractivity contribution in [2.45, 2.75) is 13.0 Å². The standard InChI is InChI=1S/C15H13FO3/c16-13-6-4-11(5-7-13)10-19-14-3-1-2-12(8-14)9-15(17)18/h1-8H,9-10H2,(H,17,18). The monoisotopic (exact) mass is 260 g/mol. The van der Waals surface area contributed by atoms with E-state index in [9.17, 15) is 9.18 Å². The number of benzene rings is 2. The average molecular weight is 260 g/mol. The number of halogens is 1. The second-order valence-electron chi connectivity index (χ2n) is 4.13. The molecule has 0 atom stereocenters. The lowest BCUT2D eigenvalue weighted by atomic mass is 10.1. The van der Waals surface area contributed by atoms with Crippen molar-refractivity contribution < 1.29 is 19.0 Å². The molecular weight excluding hydrogens is 247 g/mol. The molecule has 0 spiro atoms. The minimum atomic E-state index is -0.879. The maximum atomic E-state index is 12.7. The lowest BCUT2D eigenvalue weighted by Gasteiger charge is -2.07. The smallest absolute Gasteiger partial charge is 0.307 e. The summed E-state index contributed by atoms with van der Waals surface area (Å²) in [5.74, 6) is -0.564. The lowest BCUT2D eigenvalue weighted by Crippen LogP contribution is -2.01. The Kier molecular flexibility index (Phi) is 4.13. The third kappa shape index (κ3) is 4.10. The van der Waals surface area contributed by atoms with Gasteiger partial charge >= 0.3 is 5.97 Å². The highest BCUT2D eigenvalue weighted by atomic mass is 19.1. The molecular formula is C15H13FO3. The molecule has 2 rings (SSSR count). The number of carbonyl (C=O) groups is 1. The first-order valence-corrected chi connectivity index (χ1v) is 5.81. The first-order valence-electron chi connectivity index (χ1n) is 5.81. The Balaban J connectivity index is 1.99. The molecule has 98 valence electrons. The van der Waals surface area contributed by atoms with E-state index in [0.717, 1.165) is 5.56 Å². The largest absolute Gasteiger partial charge is 0.489 e. The molecule has 2 aromatic rings. The van der Waals surface area contributed by atoms with Crippen molar-refractivity contribution in [1.82, 2.24) is 0 Å². The molecule has 2 aromatic carbocycles. The van der Waals surface area contributed by atoms with Crippen molar-refractivity contribution >= 4 is 5.97 Å². The summed E-state index contributed by atoms with van der Waals surface area (Å²) >= 11 is 0. The van der Waals surface area contributed by atoms with Gasteiger partial charge in [0.05, 0.1) is 6.42 Å². The highest BCUT2D eigenvalue weighted by molar-refractivity contribution is 5.70. The Labute approximate surface area is 110 Å². The van der Waals surface area contributed by atoms with E-state index in [1.807, 2.05) is 0 Å². The molecule has 0 radical (unpaired) electrons. The van der Waals surface area contributed by atoms with E-state index in [-0.39, 0.29) is 12.2 Å². The molecule has 0 heterocycles. The van der Waals surface area contributed by atoms with Crippen molar-refractivity contribution in [3.8, 4) is 5.75 Å². The molecule has 3 nitrogen and oxygen atoms in total. The van der Waals surface area contributed by atoms with Crippen LogP contribution in [0, 0.1) is 5.82 Å². The molecule has 0 aromatic heterocycles. The first-order chi connectivity index (χ1) is 9.13. The molecule has 19 heavy (non-hydrogen) atoms. The Morgan fingerprint density at radius 3 is 2.53 bits per heavy atom. The molecule has 0 saturated carbocycles. The number of carboxylic acids is 1. The fourth-order valence-electron chi connectivity index (χ4n) is 1.67. The van der Waals surface area contributed by atoms with Crippen LogP contribution < -0.4 is 4.74 Å². The van der Waals surface area contributed by atoms with Gasteiger partial charge in [-0.25, -0.2) is 4.39 Å². The third-order valence-electron chi connectivity index (χ3n) is 2.57. The van der Waals surface area contributed by atoms with Crippen LogP contribution in [0.3, 0.4) is 0 Å². The van der Waals surface area contributed by atoms with Gasteiger partial charge in [0, 0.05) is 0 Å². The van der Waals surface area contributed by atoms with E-state index in [1.54, 1.807) is 36.4 Å². The summed E-state index contributed by atoms with van der Waals surface area (Å²) in [5, 5.41) is 8.72. The minimum Gasteiger partial charge on any atom is -0.489 e. The van der Waals surface area contributed by atoms with Crippen LogP contribution in [0.2, 0.25) is 0 Å². The molecule has 0 aliphatic carbocycles. The Morgan fingerprint density at radius 2 is 1.84 bits per heavy atom. The third-order valence-corrected chi connectivity index (χ3v) is 2.57. The van der Waals surface area contributed by atoms with E-state index in [4.69, 9.17) is 9.84 Å². The van der Waals surface area contributed by atoms with Crippen LogP contribution in [0.1, 0.15) is 11.1 Å². The Morgan fingerprint density at radius 1 is 1.11 bits per heavy atom. The number of aliphatic carboxylic acids is 1. The number of hydrogen-bond acceptors (Lipinski definition) is 2. The van der Waals surface area contributed by atoms with Crippen molar-refractivity contribution in [2.75, 3.05) is 0 Å².